The molecule has 0 aromatic carbocycles. The predicted molar refractivity (Wildman–Crippen MR) is 68.4 cm³/mol. The minimum atomic E-state index is 0.451. The third-order valence-corrected chi connectivity index (χ3v) is 4.62. The number of anilines is 1. The monoisotopic (exact) mass is 285 g/mol. The molecule has 0 spiro atoms. The van der Waals surface area contributed by atoms with Gasteiger partial charge in [-0.25, -0.2) is 0 Å². The Bertz CT molecular complexity index is 570. The normalized spacial score (nSPS) is 17.1. The van der Waals surface area contributed by atoms with Crippen molar-refractivity contribution in [2.45, 2.75) is 5.03 Å². The number of nitrogens with one attached hydrogen (secondary N) is 3. The van der Waals surface area contributed by atoms with Crippen LogP contribution in [0.4, 0.5) is 5.82 Å². The molecule has 4 aliphatic heterocycles. The number of aromatic amines is 2. The minimum absolute atomic E-state index is 0.451. The minimum Gasteiger partial charge on any atom is -0.475 e. The Balaban J connectivity index is 1.97. The second-order valence-corrected chi connectivity index (χ2v) is 5.95. The van der Waals surface area contributed by atoms with Gasteiger partial charge in [0.2, 0.25) is 5.55 Å². The molecule has 0 radical (unpaired) electrons. The molecule has 0 unspecified atom stereocenters. The smallest absolute Gasteiger partial charge is 0.342 e. The van der Waals surface area contributed by atoms with Crippen molar-refractivity contribution in [2.24, 2.45) is 0 Å². The number of fused-ring (bicyclic) bond motifs is 2. The molecule has 18 heavy (non-hydrogen) atoms. The van der Waals surface area contributed by atoms with E-state index >= 15 is 0 Å². The lowest BCUT2D eigenvalue weighted by Gasteiger charge is -2.18. The van der Waals surface area contributed by atoms with Crippen molar-refractivity contribution in [2.75, 3.05) is 30.8 Å². The van der Waals surface area contributed by atoms with Crippen molar-refractivity contribution in [1.82, 2.24) is 9.97 Å². The van der Waals surface area contributed by atoms with E-state index < -0.39 is 0 Å². The van der Waals surface area contributed by atoms with E-state index in [9.17, 15) is 0 Å². The summed E-state index contributed by atoms with van der Waals surface area (Å²) in [7, 11) is 0. The fourth-order valence-electron chi connectivity index (χ4n) is 1.87. The fraction of sp³-hybridized carbons (Fsp3) is 0.400. The summed E-state index contributed by atoms with van der Waals surface area (Å²) in [5, 5.41) is 5.08. The van der Waals surface area contributed by atoms with Gasteiger partial charge in [-0.3, -0.25) is 0 Å². The summed E-state index contributed by atoms with van der Waals surface area (Å²) in [4.78, 5) is 6.60. The van der Waals surface area contributed by atoms with Gasteiger partial charge in [0.25, 0.3) is 5.06 Å². The van der Waals surface area contributed by atoms with Crippen LogP contribution in [-0.4, -0.2) is 35.5 Å². The van der Waals surface area contributed by atoms with Crippen LogP contribution in [0.3, 0.4) is 0 Å². The zero-order valence-electron chi connectivity index (χ0n) is 9.37. The Hall–Kier alpha value is -1.41. The topological polar surface area (TPSA) is 75.2 Å². The zero-order chi connectivity index (χ0) is 11.9. The number of thioether (sulfide) groups is 1. The number of rotatable bonds is 0. The Morgan fingerprint density at radius 2 is 2.06 bits per heavy atom. The molecule has 6 nitrogen and oxygen atoms in total. The summed E-state index contributed by atoms with van der Waals surface area (Å²) in [5.74, 6) is 2.47. The molecule has 0 saturated heterocycles. The Kier molecular flexibility index (Phi) is 2.37. The molecule has 0 aromatic heterocycles. The third-order valence-electron chi connectivity index (χ3n) is 2.65. The van der Waals surface area contributed by atoms with Crippen molar-refractivity contribution < 1.29 is 13.9 Å². The van der Waals surface area contributed by atoms with E-state index in [2.05, 4.69) is 15.3 Å². The lowest BCUT2D eigenvalue weighted by atomic mass is 10.6. The highest BCUT2D eigenvalue weighted by Gasteiger charge is 2.18. The van der Waals surface area contributed by atoms with E-state index in [4.69, 9.17) is 13.9 Å². The Morgan fingerprint density at radius 1 is 1.11 bits per heavy atom. The van der Waals surface area contributed by atoms with Gasteiger partial charge in [-0.05, 0) is 0 Å². The largest absolute Gasteiger partial charge is 0.475 e. The third kappa shape index (κ3) is 1.64. The Morgan fingerprint density at radius 3 is 3.06 bits per heavy atom. The number of hydrogen-bond acceptors (Lipinski definition) is 6. The van der Waals surface area contributed by atoms with Crippen LogP contribution in [0.25, 0.3) is 0 Å². The molecule has 3 N–H and O–H groups in total. The molecule has 0 amide bonds. The van der Waals surface area contributed by atoms with Crippen LogP contribution < -0.4 is 14.8 Å². The van der Waals surface area contributed by atoms with Crippen LogP contribution in [0.15, 0.2) is 9.44 Å². The average molecular weight is 285 g/mol. The molecule has 0 aromatic rings. The maximum atomic E-state index is 5.68. The van der Waals surface area contributed by atoms with Gasteiger partial charge >= 0.3 is 5.95 Å². The van der Waals surface area contributed by atoms with Crippen LogP contribution in [0.2, 0.25) is 0 Å². The molecule has 0 saturated carbocycles. The molecular weight excluding hydrogens is 274 g/mol. The van der Waals surface area contributed by atoms with Gasteiger partial charge in [-0.15, -0.1) is 11.8 Å². The van der Waals surface area contributed by atoms with Gasteiger partial charge in [0.1, 0.15) is 24.1 Å². The highest BCUT2D eigenvalue weighted by atomic mass is 32.2. The number of hydrogen-bond donors (Lipinski definition) is 3. The first-order valence-corrected chi connectivity index (χ1v) is 7.45. The average Bonchev–Trinajstić information content (AvgIpc) is 2.42. The van der Waals surface area contributed by atoms with E-state index in [-0.39, 0.29) is 0 Å². The summed E-state index contributed by atoms with van der Waals surface area (Å²) >= 11 is 3.28. The van der Waals surface area contributed by atoms with E-state index in [0.29, 0.717) is 29.8 Å². The second kappa shape index (κ2) is 4.06. The Labute approximate surface area is 110 Å². The maximum Gasteiger partial charge on any atom is 0.342 e. The lowest BCUT2D eigenvalue weighted by Crippen LogP contribution is -2.16. The first-order chi connectivity index (χ1) is 8.90. The van der Waals surface area contributed by atoms with Crippen LogP contribution in [0, 0.1) is 10.2 Å². The number of H-pyrrole nitrogens is 2. The predicted octanol–water partition coefficient (Wildman–Crippen LogP) is 2.14. The number of aromatic nitrogens is 2. The lowest BCUT2D eigenvalue weighted by molar-refractivity contribution is 0.131. The summed E-state index contributed by atoms with van der Waals surface area (Å²) < 4.78 is 17.5. The van der Waals surface area contributed by atoms with Gasteiger partial charge in [0.05, 0.1) is 0 Å². The molecule has 96 valence electrons. The molecule has 0 aliphatic carbocycles. The van der Waals surface area contributed by atoms with Gasteiger partial charge in [-0.1, -0.05) is 11.3 Å². The van der Waals surface area contributed by atoms with Gasteiger partial charge in [-0.2, -0.15) is 0 Å². The van der Waals surface area contributed by atoms with Crippen molar-refractivity contribution in [3.63, 3.8) is 0 Å². The quantitative estimate of drug-likeness (QED) is 0.691. The molecule has 4 rings (SSSR count). The van der Waals surface area contributed by atoms with Crippen molar-refractivity contribution >= 4 is 28.9 Å². The van der Waals surface area contributed by atoms with Crippen LogP contribution in [0.5, 0.6) is 11.0 Å². The molecule has 0 fully saturated rings. The van der Waals surface area contributed by atoms with Crippen molar-refractivity contribution in [3.8, 4) is 11.0 Å². The van der Waals surface area contributed by atoms with Gasteiger partial charge < -0.3 is 29.2 Å². The molecule has 0 bridgehead atoms. The SMILES string of the molecule is C1CSc2[nH]c3sc4c(oc=3[nH]c2N1)OCCO4. The summed E-state index contributed by atoms with van der Waals surface area (Å²) in [6.07, 6.45) is 0. The first-order valence-electron chi connectivity index (χ1n) is 5.65. The maximum absolute atomic E-state index is 5.68. The van der Waals surface area contributed by atoms with E-state index in [1.165, 1.54) is 11.3 Å². The van der Waals surface area contributed by atoms with E-state index in [1.807, 2.05) is 0 Å². The molecule has 4 aliphatic rings. The van der Waals surface area contributed by atoms with E-state index in [0.717, 1.165) is 27.8 Å². The molecule has 0 atom stereocenters. The standard InChI is InChI=1S/C10H11N3O3S2/c1-4-17-7-5(11-1)12-6-8(13-7)18-10-9(16-6)14-2-3-15-10/h11-13H,1-4H2. The summed E-state index contributed by atoms with van der Waals surface area (Å²) in [6.45, 7) is 2.04. The van der Waals surface area contributed by atoms with Gasteiger partial charge in [0, 0.05) is 12.3 Å². The van der Waals surface area contributed by atoms with Crippen LogP contribution >= 0.6 is 23.1 Å². The summed E-state index contributed by atoms with van der Waals surface area (Å²) in [6, 6.07) is 0. The van der Waals surface area contributed by atoms with Crippen LogP contribution in [-0.2, 0) is 0 Å². The molecule has 8 heteroatoms. The van der Waals surface area contributed by atoms with Crippen molar-refractivity contribution in [1.29, 1.82) is 0 Å². The second-order valence-electron chi connectivity index (χ2n) is 3.86. The fourth-order valence-corrected chi connectivity index (χ4v) is 3.63. The number of ether oxygens (including phenoxy) is 2. The highest BCUT2D eigenvalue weighted by molar-refractivity contribution is 7.99. The van der Waals surface area contributed by atoms with Crippen molar-refractivity contribution in [3.05, 3.63) is 10.2 Å². The van der Waals surface area contributed by atoms with Gasteiger partial charge in [0.15, 0.2) is 4.66 Å². The first kappa shape index (κ1) is 10.5. The van der Waals surface area contributed by atoms with Crippen LogP contribution in [0.1, 0.15) is 0 Å². The highest BCUT2D eigenvalue weighted by Crippen LogP contribution is 2.36. The molecular formula is C10H11N3O3S2. The summed E-state index contributed by atoms with van der Waals surface area (Å²) in [5.41, 5.74) is 0.665. The van der Waals surface area contributed by atoms with E-state index in [1.54, 1.807) is 11.8 Å². The molecule has 4 heterocycles. The zero-order valence-corrected chi connectivity index (χ0v) is 11.0.